The first kappa shape index (κ1) is 16.6. The number of aromatic nitrogens is 3. The number of amides is 1. The van der Waals surface area contributed by atoms with Crippen molar-refractivity contribution in [3.8, 4) is 0 Å². The Morgan fingerprint density at radius 3 is 2.71 bits per heavy atom. The first-order valence-corrected chi connectivity index (χ1v) is 8.08. The van der Waals surface area contributed by atoms with E-state index in [1.54, 1.807) is 4.68 Å². The van der Waals surface area contributed by atoms with Crippen LogP contribution in [0, 0.1) is 5.82 Å². The SMILES string of the molecule is O=C(Nc1ncn(Cc2ccc(Br)cc2)n1)c1ccc(F)cc1Cl. The van der Waals surface area contributed by atoms with Gasteiger partial charge in [0.2, 0.25) is 5.95 Å². The monoisotopic (exact) mass is 408 g/mol. The number of halogens is 3. The van der Waals surface area contributed by atoms with Crippen LogP contribution in [0.1, 0.15) is 15.9 Å². The lowest BCUT2D eigenvalue weighted by Crippen LogP contribution is -2.14. The minimum atomic E-state index is -0.506. The predicted molar refractivity (Wildman–Crippen MR) is 92.6 cm³/mol. The number of anilines is 1. The highest BCUT2D eigenvalue weighted by Crippen LogP contribution is 2.18. The lowest BCUT2D eigenvalue weighted by molar-refractivity contribution is 0.102. The van der Waals surface area contributed by atoms with E-state index in [0.717, 1.165) is 16.1 Å². The number of carbonyl (C=O) groups excluding carboxylic acids is 1. The molecule has 3 rings (SSSR count). The fourth-order valence-electron chi connectivity index (χ4n) is 2.05. The highest BCUT2D eigenvalue weighted by molar-refractivity contribution is 9.10. The second-order valence-corrected chi connectivity index (χ2v) is 6.29. The molecule has 1 N–H and O–H groups in total. The summed E-state index contributed by atoms with van der Waals surface area (Å²) < 4.78 is 15.6. The van der Waals surface area contributed by atoms with Crippen molar-refractivity contribution in [1.82, 2.24) is 14.8 Å². The van der Waals surface area contributed by atoms with E-state index in [0.29, 0.717) is 6.54 Å². The van der Waals surface area contributed by atoms with E-state index in [2.05, 4.69) is 31.3 Å². The number of hydrogen-bond acceptors (Lipinski definition) is 3. The third-order valence-corrected chi connectivity index (χ3v) is 4.04. The smallest absolute Gasteiger partial charge is 0.259 e. The number of rotatable bonds is 4. The number of nitrogens with one attached hydrogen (secondary N) is 1. The van der Waals surface area contributed by atoms with E-state index >= 15 is 0 Å². The van der Waals surface area contributed by atoms with Gasteiger partial charge in [-0.05, 0) is 35.9 Å². The van der Waals surface area contributed by atoms with Gasteiger partial charge >= 0.3 is 0 Å². The predicted octanol–water partition coefficient (Wildman–Crippen LogP) is 4.13. The minimum Gasteiger partial charge on any atom is -0.289 e. The van der Waals surface area contributed by atoms with Gasteiger partial charge in [0.25, 0.3) is 5.91 Å². The lowest BCUT2D eigenvalue weighted by Gasteiger charge is -2.04. The van der Waals surface area contributed by atoms with Crippen LogP contribution in [0.5, 0.6) is 0 Å². The lowest BCUT2D eigenvalue weighted by atomic mass is 10.2. The number of nitrogens with zero attached hydrogens (tertiary/aromatic N) is 3. The Morgan fingerprint density at radius 1 is 1.25 bits per heavy atom. The van der Waals surface area contributed by atoms with Crippen LogP contribution in [0.2, 0.25) is 5.02 Å². The van der Waals surface area contributed by atoms with Crippen molar-refractivity contribution in [3.63, 3.8) is 0 Å². The van der Waals surface area contributed by atoms with Crippen LogP contribution in [0.4, 0.5) is 10.3 Å². The van der Waals surface area contributed by atoms with E-state index < -0.39 is 11.7 Å². The van der Waals surface area contributed by atoms with Gasteiger partial charge in [0, 0.05) is 4.47 Å². The molecule has 0 radical (unpaired) electrons. The number of benzene rings is 2. The van der Waals surface area contributed by atoms with Crippen molar-refractivity contribution in [1.29, 1.82) is 0 Å². The van der Waals surface area contributed by atoms with Crippen LogP contribution < -0.4 is 5.32 Å². The molecule has 1 amide bonds. The summed E-state index contributed by atoms with van der Waals surface area (Å²) in [5.74, 6) is -0.854. The van der Waals surface area contributed by atoms with E-state index in [1.807, 2.05) is 24.3 Å². The Kier molecular flexibility index (Phi) is 4.92. The summed E-state index contributed by atoms with van der Waals surface area (Å²) in [6, 6.07) is 11.4. The Bertz CT molecular complexity index is 882. The Morgan fingerprint density at radius 2 is 2.00 bits per heavy atom. The first-order chi connectivity index (χ1) is 11.5. The maximum atomic E-state index is 13.0. The topological polar surface area (TPSA) is 59.8 Å². The third kappa shape index (κ3) is 3.98. The second kappa shape index (κ2) is 7.11. The molecular weight excluding hydrogens is 399 g/mol. The summed E-state index contributed by atoms with van der Waals surface area (Å²) in [4.78, 5) is 16.2. The van der Waals surface area contributed by atoms with Gasteiger partial charge in [0.1, 0.15) is 12.1 Å². The van der Waals surface area contributed by atoms with Gasteiger partial charge in [0.05, 0.1) is 17.1 Å². The van der Waals surface area contributed by atoms with Gasteiger partial charge in [-0.1, -0.05) is 39.7 Å². The van der Waals surface area contributed by atoms with Crippen molar-refractivity contribution in [2.75, 3.05) is 5.32 Å². The average molecular weight is 410 g/mol. The minimum absolute atomic E-state index is 0.0294. The average Bonchev–Trinajstić information content (AvgIpc) is 2.96. The Balaban J connectivity index is 1.69. The number of carbonyl (C=O) groups is 1. The van der Waals surface area contributed by atoms with E-state index in [1.165, 1.54) is 18.5 Å². The van der Waals surface area contributed by atoms with Crippen LogP contribution in [0.3, 0.4) is 0 Å². The Labute approximate surface area is 150 Å². The molecule has 0 unspecified atom stereocenters. The quantitative estimate of drug-likeness (QED) is 0.705. The summed E-state index contributed by atoms with van der Waals surface area (Å²) in [6.45, 7) is 0.521. The normalized spacial score (nSPS) is 10.6. The van der Waals surface area contributed by atoms with Gasteiger partial charge < -0.3 is 0 Å². The molecule has 0 fully saturated rings. The molecule has 2 aromatic carbocycles. The summed E-state index contributed by atoms with van der Waals surface area (Å²) in [7, 11) is 0. The van der Waals surface area contributed by atoms with Gasteiger partial charge in [-0.15, -0.1) is 5.10 Å². The molecule has 0 saturated heterocycles. The molecule has 3 aromatic rings. The molecule has 24 heavy (non-hydrogen) atoms. The van der Waals surface area contributed by atoms with Gasteiger partial charge in [0.15, 0.2) is 0 Å². The molecule has 1 heterocycles. The maximum absolute atomic E-state index is 13.0. The molecule has 5 nitrogen and oxygen atoms in total. The molecular formula is C16H11BrClFN4O. The van der Waals surface area contributed by atoms with Crippen LogP contribution in [-0.4, -0.2) is 20.7 Å². The molecule has 8 heteroatoms. The van der Waals surface area contributed by atoms with Gasteiger partial charge in [-0.3, -0.25) is 10.1 Å². The van der Waals surface area contributed by atoms with E-state index in [4.69, 9.17) is 11.6 Å². The van der Waals surface area contributed by atoms with Crippen LogP contribution >= 0.6 is 27.5 Å². The molecule has 0 spiro atoms. The fraction of sp³-hybridized carbons (Fsp3) is 0.0625. The molecule has 0 bridgehead atoms. The highest BCUT2D eigenvalue weighted by atomic mass is 79.9. The molecule has 0 atom stereocenters. The maximum Gasteiger partial charge on any atom is 0.259 e. The summed E-state index contributed by atoms with van der Waals surface area (Å²) in [5, 5.41) is 6.75. The van der Waals surface area contributed by atoms with Crippen LogP contribution in [0.25, 0.3) is 0 Å². The molecule has 0 saturated carbocycles. The summed E-state index contributed by atoms with van der Waals surface area (Å²) in [5.41, 5.74) is 1.20. The molecule has 0 aliphatic rings. The van der Waals surface area contributed by atoms with Crippen molar-refractivity contribution < 1.29 is 9.18 Å². The molecule has 1 aromatic heterocycles. The van der Waals surface area contributed by atoms with Crippen molar-refractivity contribution in [3.05, 3.63) is 75.2 Å². The third-order valence-electron chi connectivity index (χ3n) is 3.20. The molecule has 0 aliphatic heterocycles. The van der Waals surface area contributed by atoms with E-state index in [9.17, 15) is 9.18 Å². The molecule has 0 aliphatic carbocycles. The van der Waals surface area contributed by atoms with Crippen LogP contribution in [-0.2, 0) is 6.54 Å². The fourth-order valence-corrected chi connectivity index (χ4v) is 2.56. The molecule has 122 valence electrons. The highest BCUT2D eigenvalue weighted by Gasteiger charge is 2.13. The van der Waals surface area contributed by atoms with Gasteiger partial charge in [-0.2, -0.15) is 0 Å². The van der Waals surface area contributed by atoms with Gasteiger partial charge in [-0.25, -0.2) is 14.1 Å². The zero-order valence-corrected chi connectivity index (χ0v) is 14.6. The van der Waals surface area contributed by atoms with Crippen molar-refractivity contribution in [2.24, 2.45) is 0 Å². The summed E-state index contributed by atoms with van der Waals surface area (Å²) >= 11 is 9.24. The second-order valence-electron chi connectivity index (χ2n) is 4.97. The summed E-state index contributed by atoms with van der Waals surface area (Å²) in [6.07, 6.45) is 1.52. The van der Waals surface area contributed by atoms with Crippen molar-refractivity contribution >= 4 is 39.4 Å². The largest absolute Gasteiger partial charge is 0.289 e. The standard InChI is InChI=1S/C16H11BrClFN4O/c17-11-3-1-10(2-4-11)8-23-9-20-16(22-23)21-15(24)13-6-5-12(19)7-14(13)18/h1-7,9H,8H2,(H,21,22,24). The zero-order chi connectivity index (χ0) is 17.1. The zero-order valence-electron chi connectivity index (χ0n) is 12.2. The van der Waals surface area contributed by atoms with E-state index in [-0.39, 0.29) is 16.5 Å². The first-order valence-electron chi connectivity index (χ1n) is 6.91. The number of hydrogen-bond donors (Lipinski definition) is 1. The Hall–Kier alpha value is -2.25. The van der Waals surface area contributed by atoms with Crippen LogP contribution in [0.15, 0.2) is 53.3 Å². The van der Waals surface area contributed by atoms with Crippen molar-refractivity contribution in [2.45, 2.75) is 6.54 Å².